The average Bonchev–Trinajstić information content (AvgIpc) is 3.61. The van der Waals surface area contributed by atoms with E-state index in [1.54, 1.807) is 0 Å². The Morgan fingerprint density at radius 3 is 1.55 bits per heavy atom. The highest BCUT2D eigenvalue weighted by Crippen LogP contribution is 2.15. The molecule has 0 saturated carbocycles. The first kappa shape index (κ1) is 28.5. The standard InChI is InChI=1S/C32H34N4O4/c37-31(29-23-25-13-3-5-15-27(25)35-29)33-17-7-11-21-39-19-9-1-2-10-20-40-22-12-8-18-34-32(38)30-24-26-14-4-6-16-28(26)36-30/h3-6,13-16,23-24,35-36H,7-8,11-12,17-22H2,(H,33,37)(H,34,38). The zero-order chi connectivity index (χ0) is 27.8. The fourth-order valence-electron chi connectivity index (χ4n) is 4.05. The summed E-state index contributed by atoms with van der Waals surface area (Å²) in [5, 5.41) is 7.89. The molecule has 0 radical (unpaired) electrons. The van der Waals surface area contributed by atoms with Gasteiger partial charge in [-0.2, -0.15) is 0 Å². The number of carbonyl (C=O) groups is 2. The maximum Gasteiger partial charge on any atom is 0.267 e. The highest BCUT2D eigenvalue weighted by Gasteiger charge is 2.09. The normalized spacial score (nSPS) is 10.5. The Balaban J connectivity index is 0.940. The van der Waals surface area contributed by atoms with Crippen molar-refractivity contribution >= 4 is 33.6 Å². The zero-order valence-electron chi connectivity index (χ0n) is 22.5. The minimum atomic E-state index is -0.101. The van der Waals surface area contributed by atoms with E-state index in [-0.39, 0.29) is 11.8 Å². The van der Waals surface area contributed by atoms with Gasteiger partial charge in [0, 0.05) is 48.1 Å². The Morgan fingerprint density at radius 1 is 0.650 bits per heavy atom. The third kappa shape index (κ3) is 9.06. The van der Waals surface area contributed by atoms with Gasteiger partial charge in [0.2, 0.25) is 0 Å². The maximum absolute atomic E-state index is 12.2. The Bertz CT molecular complexity index is 1350. The second kappa shape index (κ2) is 15.8. The van der Waals surface area contributed by atoms with Crippen LogP contribution in [-0.4, -0.2) is 61.3 Å². The monoisotopic (exact) mass is 538 g/mol. The summed E-state index contributed by atoms with van der Waals surface area (Å²) in [5.41, 5.74) is 3.05. The summed E-state index contributed by atoms with van der Waals surface area (Å²) >= 11 is 0. The van der Waals surface area contributed by atoms with Crippen LogP contribution in [0.15, 0.2) is 60.7 Å². The van der Waals surface area contributed by atoms with E-state index in [1.807, 2.05) is 60.7 Å². The molecule has 0 atom stereocenters. The summed E-state index contributed by atoms with van der Waals surface area (Å²) in [6, 6.07) is 19.4. The van der Waals surface area contributed by atoms with Crippen molar-refractivity contribution < 1.29 is 19.1 Å². The number of rotatable bonds is 14. The van der Waals surface area contributed by atoms with Crippen LogP contribution in [0.4, 0.5) is 0 Å². The number of amides is 2. The summed E-state index contributed by atoms with van der Waals surface area (Å²) in [5.74, 6) is 11.0. The molecule has 0 aliphatic carbocycles. The van der Waals surface area contributed by atoms with Crippen LogP contribution in [-0.2, 0) is 9.47 Å². The summed E-state index contributed by atoms with van der Waals surface area (Å²) in [4.78, 5) is 30.7. The Hall–Kier alpha value is -4.50. The molecule has 206 valence electrons. The van der Waals surface area contributed by atoms with E-state index >= 15 is 0 Å². The van der Waals surface area contributed by atoms with Crippen LogP contribution in [0.2, 0.25) is 0 Å². The summed E-state index contributed by atoms with van der Waals surface area (Å²) < 4.78 is 11.0. The molecule has 0 aliphatic rings. The lowest BCUT2D eigenvalue weighted by atomic mass is 10.2. The predicted molar refractivity (Wildman–Crippen MR) is 157 cm³/mol. The van der Waals surface area contributed by atoms with Crippen LogP contribution < -0.4 is 10.6 Å². The number of fused-ring (bicyclic) bond motifs is 2. The largest absolute Gasteiger partial charge is 0.369 e. The molecule has 4 N–H and O–H groups in total. The molecule has 40 heavy (non-hydrogen) atoms. The second-order valence-corrected chi connectivity index (χ2v) is 9.18. The molecule has 0 saturated heterocycles. The molecular formula is C32H34N4O4. The molecular weight excluding hydrogens is 504 g/mol. The summed E-state index contributed by atoms with van der Waals surface area (Å²) in [7, 11) is 0. The molecule has 4 rings (SSSR count). The minimum absolute atomic E-state index is 0.101. The molecule has 2 aromatic carbocycles. The fourth-order valence-corrected chi connectivity index (χ4v) is 4.05. The van der Waals surface area contributed by atoms with Gasteiger partial charge in [-0.05, 0) is 61.8 Å². The highest BCUT2D eigenvalue weighted by atomic mass is 16.5. The molecule has 2 amide bonds. The van der Waals surface area contributed by atoms with Crippen molar-refractivity contribution in [3.8, 4) is 23.7 Å². The van der Waals surface area contributed by atoms with E-state index in [4.69, 9.17) is 9.47 Å². The number of nitrogens with one attached hydrogen (secondary N) is 4. The predicted octanol–water partition coefficient (Wildman–Crippen LogP) is 4.41. The van der Waals surface area contributed by atoms with Crippen molar-refractivity contribution in [1.82, 2.24) is 20.6 Å². The topological polar surface area (TPSA) is 108 Å². The first-order valence-electron chi connectivity index (χ1n) is 13.5. The van der Waals surface area contributed by atoms with Gasteiger partial charge in [0.05, 0.1) is 0 Å². The second-order valence-electron chi connectivity index (χ2n) is 9.18. The van der Waals surface area contributed by atoms with Gasteiger partial charge in [0.15, 0.2) is 0 Å². The number of unbranched alkanes of at least 4 members (excludes halogenated alkanes) is 2. The van der Waals surface area contributed by atoms with E-state index in [0.29, 0.717) is 50.9 Å². The molecule has 0 fully saturated rings. The fraction of sp³-hybridized carbons (Fsp3) is 0.312. The van der Waals surface area contributed by atoms with Gasteiger partial charge in [-0.15, -0.1) is 0 Å². The lowest BCUT2D eigenvalue weighted by molar-refractivity contribution is 0.0938. The quantitative estimate of drug-likeness (QED) is 0.141. The zero-order valence-corrected chi connectivity index (χ0v) is 22.5. The van der Waals surface area contributed by atoms with E-state index in [0.717, 1.165) is 47.5 Å². The number of aromatic nitrogens is 2. The van der Waals surface area contributed by atoms with Crippen LogP contribution in [0, 0.1) is 23.7 Å². The third-order valence-electron chi connectivity index (χ3n) is 6.14. The van der Waals surface area contributed by atoms with E-state index in [2.05, 4.69) is 44.3 Å². The van der Waals surface area contributed by atoms with Gasteiger partial charge >= 0.3 is 0 Å². The van der Waals surface area contributed by atoms with Crippen LogP contribution in [0.25, 0.3) is 21.8 Å². The van der Waals surface area contributed by atoms with Crippen molar-refractivity contribution in [1.29, 1.82) is 0 Å². The van der Waals surface area contributed by atoms with Crippen molar-refractivity contribution in [2.75, 3.05) is 39.5 Å². The number of aromatic amines is 2. The first-order valence-corrected chi connectivity index (χ1v) is 13.5. The van der Waals surface area contributed by atoms with Gasteiger partial charge in [-0.25, -0.2) is 0 Å². The first-order chi connectivity index (χ1) is 19.7. The van der Waals surface area contributed by atoms with Crippen molar-refractivity contribution in [3.05, 3.63) is 72.1 Å². The van der Waals surface area contributed by atoms with Crippen LogP contribution in [0.5, 0.6) is 0 Å². The minimum Gasteiger partial charge on any atom is -0.369 e. The number of carbonyl (C=O) groups excluding carboxylic acids is 2. The lowest BCUT2D eigenvalue weighted by Crippen LogP contribution is -2.24. The molecule has 0 aliphatic heterocycles. The van der Waals surface area contributed by atoms with Crippen LogP contribution >= 0.6 is 0 Å². The highest BCUT2D eigenvalue weighted by molar-refractivity contribution is 5.98. The molecule has 4 aromatic rings. The lowest BCUT2D eigenvalue weighted by Gasteiger charge is -2.03. The number of ether oxygens (including phenoxy) is 2. The summed E-state index contributed by atoms with van der Waals surface area (Å²) in [6.45, 7) is 2.98. The molecule has 0 bridgehead atoms. The number of hydrogen-bond donors (Lipinski definition) is 4. The average molecular weight is 539 g/mol. The van der Waals surface area contributed by atoms with E-state index in [1.165, 1.54) is 0 Å². The molecule has 0 spiro atoms. The van der Waals surface area contributed by atoms with Gasteiger partial charge in [0.25, 0.3) is 11.8 Å². The van der Waals surface area contributed by atoms with Gasteiger partial charge in [0.1, 0.15) is 24.6 Å². The number of para-hydroxylation sites is 2. The number of H-pyrrole nitrogens is 2. The van der Waals surface area contributed by atoms with Gasteiger partial charge < -0.3 is 30.1 Å². The van der Waals surface area contributed by atoms with Crippen molar-refractivity contribution in [3.63, 3.8) is 0 Å². The Kier molecular flexibility index (Phi) is 11.3. The van der Waals surface area contributed by atoms with E-state index in [9.17, 15) is 9.59 Å². The van der Waals surface area contributed by atoms with Gasteiger partial charge in [-0.3, -0.25) is 9.59 Å². The molecule has 8 nitrogen and oxygen atoms in total. The number of hydrogen-bond acceptors (Lipinski definition) is 4. The summed E-state index contributed by atoms with van der Waals surface area (Å²) in [6.07, 6.45) is 3.32. The Labute approximate surface area is 234 Å². The van der Waals surface area contributed by atoms with Gasteiger partial charge in [-0.1, -0.05) is 48.2 Å². The van der Waals surface area contributed by atoms with Crippen LogP contribution in [0.1, 0.15) is 46.7 Å². The van der Waals surface area contributed by atoms with Crippen molar-refractivity contribution in [2.45, 2.75) is 25.7 Å². The molecule has 8 heteroatoms. The third-order valence-corrected chi connectivity index (χ3v) is 6.14. The van der Waals surface area contributed by atoms with Crippen LogP contribution in [0.3, 0.4) is 0 Å². The molecule has 0 unspecified atom stereocenters. The number of benzene rings is 2. The van der Waals surface area contributed by atoms with E-state index < -0.39 is 0 Å². The molecule has 2 aromatic heterocycles. The maximum atomic E-state index is 12.2. The van der Waals surface area contributed by atoms with Crippen molar-refractivity contribution in [2.24, 2.45) is 0 Å². The smallest absolute Gasteiger partial charge is 0.267 e. The SMILES string of the molecule is O=C(NCCCCOCC#CC#CCOCCCCNC(=O)c1cc2ccccc2[nH]1)c1cc2ccccc2[nH]1. The Morgan fingerprint density at radius 2 is 1.10 bits per heavy atom. The molecule has 2 heterocycles.